The number of anilines is 1. The van der Waals surface area contributed by atoms with Crippen molar-refractivity contribution in [3.05, 3.63) is 27.7 Å². The van der Waals surface area contributed by atoms with Crippen LogP contribution in [0.5, 0.6) is 0 Å². The Hall–Kier alpha value is -1.27. The summed E-state index contributed by atoms with van der Waals surface area (Å²) in [4.78, 5) is 19.8. The zero-order valence-corrected chi connectivity index (χ0v) is 10.4. The Morgan fingerprint density at radius 1 is 1.50 bits per heavy atom. The topological polar surface area (TPSA) is 54.9 Å². The van der Waals surface area contributed by atoms with Crippen LogP contribution in [0, 0.1) is 6.92 Å². The van der Waals surface area contributed by atoms with Crippen LogP contribution in [-0.2, 0) is 11.2 Å². The van der Waals surface area contributed by atoms with Gasteiger partial charge in [-0.05, 0) is 13.3 Å². The van der Waals surface area contributed by atoms with Crippen molar-refractivity contribution in [2.45, 2.75) is 19.8 Å². The number of aryl methyl sites for hydroxylation is 2. The molecule has 1 amide bonds. The van der Waals surface area contributed by atoms with E-state index in [1.165, 1.54) is 11.3 Å². The van der Waals surface area contributed by atoms with Crippen LogP contribution in [0.15, 0.2) is 17.0 Å². The molecule has 0 aliphatic rings. The number of hydrogen-bond acceptors (Lipinski definition) is 5. The van der Waals surface area contributed by atoms with E-state index in [2.05, 4.69) is 15.3 Å². The molecule has 1 N–H and O–H groups in total. The van der Waals surface area contributed by atoms with Crippen LogP contribution in [0.25, 0.3) is 0 Å². The van der Waals surface area contributed by atoms with Crippen molar-refractivity contribution >= 4 is 33.7 Å². The van der Waals surface area contributed by atoms with Crippen LogP contribution >= 0.6 is 22.7 Å². The summed E-state index contributed by atoms with van der Waals surface area (Å²) in [6, 6.07) is 0. The number of carbonyl (C=O) groups excluding carboxylic acids is 1. The molecule has 0 unspecified atom stereocenters. The first-order valence-corrected chi connectivity index (χ1v) is 6.60. The third-order valence-corrected chi connectivity index (χ3v) is 3.46. The van der Waals surface area contributed by atoms with E-state index < -0.39 is 0 Å². The quantitative estimate of drug-likeness (QED) is 0.910. The van der Waals surface area contributed by atoms with E-state index in [1.807, 2.05) is 17.7 Å². The van der Waals surface area contributed by atoms with Crippen molar-refractivity contribution < 1.29 is 4.79 Å². The number of hydrogen-bond donors (Lipinski definition) is 1. The summed E-state index contributed by atoms with van der Waals surface area (Å²) in [5.41, 5.74) is 0.983. The second kappa shape index (κ2) is 5.18. The second-order valence-electron chi connectivity index (χ2n) is 3.24. The van der Waals surface area contributed by atoms with Gasteiger partial charge in [0.1, 0.15) is 0 Å². The average Bonchev–Trinajstić information content (AvgIpc) is 2.87. The van der Waals surface area contributed by atoms with Crippen molar-refractivity contribution in [2.24, 2.45) is 0 Å². The Morgan fingerprint density at radius 3 is 3.00 bits per heavy atom. The van der Waals surface area contributed by atoms with Crippen LogP contribution in [-0.4, -0.2) is 15.9 Å². The van der Waals surface area contributed by atoms with Gasteiger partial charge in [0.2, 0.25) is 5.91 Å². The van der Waals surface area contributed by atoms with Crippen LogP contribution in [0.4, 0.5) is 5.13 Å². The zero-order chi connectivity index (χ0) is 11.4. The van der Waals surface area contributed by atoms with Gasteiger partial charge >= 0.3 is 0 Å². The minimum atomic E-state index is -0.0133. The molecule has 0 aliphatic carbocycles. The first-order chi connectivity index (χ1) is 7.74. The first-order valence-electron chi connectivity index (χ1n) is 4.84. The third kappa shape index (κ3) is 3.11. The van der Waals surface area contributed by atoms with Gasteiger partial charge in [-0.25, -0.2) is 9.97 Å². The smallest absolute Gasteiger partial charge is 0.226 e. The molecule has 2 heterocycles. The van der Waals surface area contributed by atoms with Gasteiger partial charge < -0.3 is 5.32 Å². The minimum absolute atomic E-state index is 0.0133. The van der Waals surface area contributed by atoms with Gasteiger partial charge in [0, 0.05) is 23.4 Å². The van der Waals surface area contributed by atoms with Gasteiger partial charge in [-0.3, -0.25) is 4.79 Å². The van der Waals surface area contributed by atoms with Crippen molar-refractivity contribution in [3.8, 4) is 0 Å². The minimum Gasteiger partial charge on any atom is -0.302 e. The van der Waals surface area contributed by atoms with Gasteiger partial charge in [0.25, 0.3) is 0 Å². The number of aromatic nitrogens is 2. The van der Waals surface area contributed by atoms with Crippen molar-refractivity contribution in [2.75, 3.05) is 5.32 Å². The number of carbonyl (C=O) groups is 1. The van der Waals surface area contributed by atoms with E-state index in [0.717, 1.165) is 10.7 Å². The molecule has 2 aromatic heterocycles. The maximum atomic E-state index is 11.5. The molecule has 0 saturated carbocycles. The number of amides is 1. The van der Waals surface area contributed by atoms with Crippen molar-refractivity contribution in [3.63, 3.8) is 0 Å². The Morgan fingerprint density at radius 2 is 2.38 bits per heavy atom. The molecule has 2 aromatic rings. The molecule has 0 spiro atoms. The molecule has 0 aromatic carbocycles. The number of nitrogens with one attached hydrogen (secondary N) is 1. The van der Waals surface area contributed by atoms with E-state index in [9.17, 15) is 4.79 Å². The fourth-order valence-corrected chi connectivity index (χ4v) is 2.42. The highest BCUT2D eigenvalue weighted by Crippen LogP contribution is 2.12. The number of thiazole rings is 2. The van der Waals surface area contributed by atoms with E-state index in [4.69, 9.17) is 0 Å². The maximum absolute atomic E-state index is 11.5. The average molecular weight is 253 g/mol. The lowest BCUT2D eigenvalue weighted by Crippen LogP contribution is -2.12. The summed E-state index contributed by atoms with van der Waals surface area (Å²) >= 11 is 3.03. The van der Waals surface area contributed by atoms with E-state index in [0.29, 0.717) is 18.0 Å². The van der Waals surface area contributed by atoms with E-state index >= 15 is 0 Å². The van der Waals surface area contributed by atoms with Crippen LogP contribution in [0.2, 0.25) is 0 Å². The SMILES string of the molecule is Cc1nc(CCC(=O)Nc2nccs2)cs1. The molecule has 0 atom stereocenters. The van der Waals surface area contributed by atoms with Gasteiger partial charge in [-0.1, -0.05) is 0 Å². The Kier molecular flexibility index (Phi) is 3.63. The first kappa shape index (κ1) is 11.2. The van der Waals surface area contributed by atoms with Crippen LogP contribution in [0.1, 0.15) is 17.1 Å². The summed E-state index contributed by atoms with van der Waals surface area (Å²) in [5, 5.41) is 8.26. The molecule has 0 aliphatic heterocycles. The predicted molar refractivity (Wildman–Crippen MR) is 65.9 cm³/mol. The highest BCUT2D eigenvalue weighted by molar-refractivity contribution is 7.13. The fraction of sp³-hybridized carbons (Fsp3) is 0.300. The maximum Gasteiger partial charge on any atom is 0.226 e. The van der Waals surface area contributed by atoms with Gasteiger partial charge in [0.05, 0.1) is 10.7 Å². The molecule has 6 heteroatoms. The molecule has 0 radical (unpaired) electrons. The lowest BCUT2D eigenvalue weighted by atomic mass is 10.2. The summed E-state index contributed by atoms with van der Waals surface area (Å²) in [6.07, 6.45) is 2.80. The predicted octanol–water partition coefficient (Wildman–Crippen LogP) is 2.48. The molecule has 0 bridgehead atoms. The molecular weight excluding hydrogens is 242 g/mol. The lowest BCUT2D eigenvalue weighted by Gasteiger charge is -1.99. The molecule has 2 rings (SSSR count). The summed E-state index contributed by atoms with van der Waals surface area (Å²) in [5.74, 6) is -0.0133. The standard InChI is InChI=1S/C10H11N3OS2/c1-7-12-8(6-16-7)2-3-9(14)13-10-11-4-5-15-10/h4-6H,2-3H2,1H3,(H,11,13,14). The Balaban J connectivity index is 1.80. The Labute approximate surface area is 101 Å². The normalized spacial score (nSPS) is 10.3. The van der Waals surface area contributed by atoms with Crippen LogP contribution in [0.3, 0.4) is 0 Å². The van der Waals surface area contributed by atoms with E-state index in [-0.39, 0.29) is 5.91 Å². The summed E-state index contributed by atoms with van der Waals surface area (Å²) in [6.45, 7) is 1.96. The van der Waals surface area contributed by atoms with E-state index in [1.54, 1.807) is 17.5 Å². The zero-order valence-electron chi connectivity index (χ0n) is 8.77. The molecular formula is C10H11N3OS2. The van der Waals surface area contributed by atoms with Gasteiger partial charge in [-0.2, -0.15) is 0 Å². The molecule has 4 nitrogen and oxygen atoms in total. The molecule has 0 saturated heterocycles. The largest absolute Gasteiger partial charge is 0.302 e. The summed E-state index contributed by atoms with van der Waals surface area (Å²) < 4.78 is 0. The van der Waals surface area contributed by atoms with Gasteiger partial charge in [-0.15, -0.1) is 22.7 Å². The third-order valence-electron chi connectivity index (χ3n) is 1.95. The van der Waals surface area contributed by atoms with Crippen molar-refractivity contribution in [1.82, 2.24) is 9.97 Å². The van der Waals surface area contributed by atoms with Crippen LogP contribution < -0.4 is 5.32 Å². The molecule has 0 fully saturated rings. The monoisotopic (exact) mass is 253 g/mol. The highest BCUT2D eigenvalue weighted by atomic mass is 32.1. The summed E-state index contributed by atoms with van der Waals surface area (Å²) in [7, 11) is 0. The van der Waals surface area contributed by atoms with Gasteiger partial charge in [0.15, 0.2) is 5.13 Å². The number of rotatable bonds is 4. The van der Waals surface area contributed by atoms with Crippen molar-refractivity contribution in [1.29, 1.82) is 0 Å². The molecule has 16 heavy (non-hydrogen) atoms. The molecule has 84 valence electrons. The fourth-order valence-electron chi connectivity index (χ4n) is 1.23. The highest BCUT2D eigenvalue weighted by Gasteiger charge is 2.06. The number of nitrogens with zero attached hydrogens (tertiary/aromatic N) is 2. The second-order valence-corrected chi connectivity index (χ2v) is 5.20. The lowest BCUT2D eigenvalue weighted by molar-refractivity contribution is -0.116. The Bertz CT molecular complexity index is 464.